The number of rotatable bonds is 4. The molecule has 3 rings (SSSR count). The average Bonchev–Trinajstić information content (AvgIpc) is 3.11. The zero-order valence-electron chi connectivity index (χ0n) is 18.7. The van der Waals surface area contributed by atoms with E-state index in [4.69, 9.17) is 11.6 Å². The molecule has 202 valence electrons. The number of H-pyrrole nitrogens is 1. The molecule has 0 aliphatic carbocycles. The first kappa shape index (κ1) is 29.8. The largest absolute Gasteiger partial charge is 0.507 e. The Balaban J connectivity index is 0.000000717. The number of carbonyl (C=O) groups excluding carboxylic acids is 1. The van der Waals surface area contributed by atoms with Crippen LogP contribution < -0.4 is 5.32 Å². The normalized spacial score (nSPS) is 12.5. The summed E-state index contributed by atoms with van der Waals surface area (Å²) in [5.41, 5.74) is -2.43. The molecule has 0 fully saturated rings. The molecule has 3 aromatic rings. The predicted molar refractivity (Wildman–Crippen MR) is 115 cm³/mol. The number of nitrogens with one attached hydrogen (secondary N) is 2. The van der Waals surface area contributed by atoms with Crippen LogP contribution >= 0.6 is 11.6 Å². The fraction of sp³-hybridized carbons (Fsp3) is 0.286. The molecule has 37 heavy (non-hydrogen) atoms. The summed E-state index contributed by atoms with van der Waals surface area (Å²) in [6, 6.07) is 2.77. The van der Waals surface area contributed by atoms with Gasteiger partial charge in [-0.2, -0.15) is 31.4 Å². The lowest BCUT2D eigenvalue weighted by Crippen LogP contribution is -2.22. The van der Waals surface area contributed by atoms with Gasteiger partial charge in [0.25, 0.3) is 5.91 Å². The number of alkyl halides is 6. The number of nitrogens with zero attached hydrogens (tertiary/aromatic N) is 2. The number of hydrogen-bond acceptors (Lipinski definition) is 5. The lowest BCUT2D eigenvalue weighted by molar-refractivity contribution is -0.208. The van der Waals surface area contributed by atoms with E-state index in [1.54, 1.807) is 6.92 Å². The average molecular weight is 561 g/mol. The second-order valence-electron chi connectivity index (χ2n) is 7.29. The number of halogens is 9. The Labute approximate surface area is 208 Å². The van der Waals surface area contributed by atoms with E-state index in [-0.39, 0.29) is 10.8 Å². The summed E-state index contributed by atoms with van der Waals surface area (Å²) in [5.74, 6) is -4.30. The number of aromatic amines is 1. The van der Waals surface area contributed by atoms with Crippen molar-refractivity contribution in [3.63, 3.8) is 0 Å². The summed E-state index contributed by atoms with van der Waals surface area (Å²) in [7, 11) is 0. The standard InChI is InChI=1S/C18H12ClF5N4O3.C3H5F3/c1-6-13(16(19)28-27-6)26-17(31)8-4-10(21)7(5-12(8)29)11-3-2-9(20)14(25-11)15(30)18(22,23)24;1-2-3(4,5)6/h2-5,15,29-30H,1H3,(H,26,31)(H,27,28);2H2,1H3. The molecule has 0 saturated heterocycles. The Morgan fingerprint density at radius 3 is 2.22 bits per heavy atom. The quantitative estimate of drug-likeness (QED) is 0.283. The van der Waals surface area contributed by atoms with Crippen molar-refractivity contribution in [1.82, 2.24) is 15.2 Å². The number of anilines is 1. The van der Waals surface area contributed by atoms with E-state index >= 15 is 0 Å². The Morgan fingerprint density at radius 2 is 1.73 bits per heavy atom. The maximum Gasteiger partial charge on any atom is 0.420 e. The Morgan fingerprint density at radius 1 is 1.14 bits per heavy atom. The van der Waals surface area contributed by atoms with Gasteiger partial charge in [-0.15, -0.1) is 0 Å². The van der Waals surface area contributed by atoms with Crippen LogP contribution in [0.5, 0.6) is 5.75 Å². The maximum atomic E-state index is 14.6. The number of aromatic nitrogens is 3. The van der Waals surface area contributed by atoms with E-state index in [9.17, 15) is 50.1 Å². The summed E-state index contributed by atoms with van der Waals surface area (Å²) in [6.45, 7) is 2.63. The van der Waals surface area contributed by atoms with Crippen molar-refractivity contribution in [2.45, 2.75) is 38.7 Å². The van der Waals surface area contributed by atoms with Crippen LogP contribution in [0.4, 0.5) is 40.8 Å². The number of phenolic OH excluding ortho intramolecular Hbond substituents is 1. The van der Waals surface area contributed by atoms with E-state index in [0.29, 0.717) is 17.8 Å². The molecule has 2 heterocycles. The van der Waals surface area contributed by atoms with Gasteiger partial charge in [0.1, 0.15) is 28.8 Å². The number of amides is 1. The van der Waals surface area contributed by atoms with Gasteiger partial charge in [0.2, 0.25) is 0 Å². The molecule has 16 heteroatoms. The molecule has 0 saturated carbocycles. The highest BCUT2D eigenvalue weighted by Crippen LogP contribution is 2.35. The second kappa shape index (κ2) is 11.3. The van der Waals surface area contributed by atoms with Crippen molar-refractivity contribution >= 4 is 23.2 Å². The Kier molecular flexibility index (Phi) is 9.09. The third-order valence-electron chi connectivity index (χ3n) is 4.59. The highest BCUT2D eigenvalue weighted by atomic mass is 35.5. The molecule has 0 bridgehead atoms. The van der Waals surface area contributed by atoms with Crippen molar-refractivity contribution in [3.05, 3.63) is 58.0 Å². The molecule has 0 radical (unpaired) electrons. The molecule has 1 atom stereocenters. The molecule has 1 amide bonds. The Bertz CT molecular complexity index is 1260. The molecule has 2 aromatic heterocycles. The topological polar surface area (TPSA) is 111 Å². The summed E-state index contributed by atoms with van der Waals surface area (Å²) < 4.78 is 98.9. The fourth-order valence-corrected chi connectivity index (χ4v) is 2.85. The van der Waals surface area contributed by atoms with Crippen molar-refractivity contribution in [2.75, 3.05) is 5.32 Å². The van der Waals surface area contributed by atoms with Gasteiger partial charge < -0.3 is 15.5 Å². The van der Waals surface area contributed by atoms with E-state index in [1.165, 1.54) is 0 Å². The van der Waals surface area contributed by atoms with Crippen LogP contribution in [-0.2, 0) is 0 Å². The SMILES string of the molecule is CCC(F)(F)F.Cc1[nH]nc(Cl)c1NC(=O)c1cc(F)c(-c2ccc(F)c(C(O)C(F)(F)F)n2)cc1O. The minimum atomic E-state index is -5.21. The summed E-state index contributed by atoms with van der Waals surface area (Å²) in [6.07, 6.45) is -13.1. The first-order valence-electron chi connectivity index (χ1n) is 9.98. The lowest BCUT2D eigenvalue weighted by atomic mass is 10.0. The molecule has 0 spiro atoms. The molecule has 4 N–H and O–H groups in total. The van der Waals surface area contributed by atoms with Gasteiger partial charge in [-0.25, -0.2) is 13.8 Å². The fourth-order valence-electron chi connectivity index (χ4n) is 2.62. The van der Waals surface area contributed by atoms with Gasteiger partial charge in [0.05, 0.1) is 17.0 Å². The molecular weight excluding hydrogens is 544 g/mol. The van der Waals surface area contributed by atoms with Gasteiger partial charge in [-0.1, -0.05) is 18.5 Å². The van der Waals surface area contributed by atoms with E-state index in [1.807, 2.05) is 0 Å². The third-order valence-corrected chi connectivity index (χ3v) is 4.86. The number of aryl methyl sites for hydroxylation is 1. The predicted octanol–water partition coefficient (Wildman–Crippen LogP) is 6.22. The van der Waals surface area contributed by atoms with Crippen LogP contribution in [0.1, 0.15) is 41.2 Å². The number of aliphatic hydroxyl groups is 1. The molecule has 1 unspecified atom stereocenters. The van der Waals surface area contributed by atoms with Crippen LogP contribution in [0.3, 0.4) is 0 Å². The van der Waals surface area contributed by atoms with Crippen LogP contribution in [0, 0.1) is 18.6 Å². The number of aliphatic hydroxyl groups excluding tert-OH is 1. The molecule has 7 nitrogen and oxygen atoms in total. The first-order chi connectivity index (χ1) is 17.0. The van der Waals surface area contributed by atoms with Crippen molar-refractivity contribution < 1.29 is 50.1 Å². The number of hydrogen-bond donors (Lipinski definition) is 4. The highest BCUT2D eigenvalue weighted by Gasteiger charge is 2.42. The molecule has 0 aliphatic rings. The lowest BCUT2D eigenvalue weighted by Gasteiger charge is -2.16. The molecule has 0 aliphatic heterocycles. The number of phenols is 1. The van der Waals surface area contributed by atoms with Crippen molar-refractivity contribution in [3.8, 4) is 17.0 Å². The minimum Gasteiger partial charge on any atom is -0.507 e. The minimum absolute atomic E-state index is 0.0753. The summed E-state index contributed by atoms with van der Waals surface area (Å²) in [5, 5.41) is 27.9. The smallest absolute Gasteiger partial charge is 0.420 e. The summed E-state index contributed by atoms with van der Waals surface area (Å²) >= 11 is 5.81. The monoisotopic (exact) mass is 560 g/mol. The van der Waals surface area contributed by atoms with Gasteiger partial charge in [-0.05, 0) is 31.2 Å². The number of pyridine rings is 1. The first-order valence-corrected chi connectivity index (χ1v) is 10.4. The maximum absolute atomic E-state index is 14.6. The number of aromatic hydroxyl groups is 1. The van der Waals surface area contributed by atoms with Crippen LogP contribution in [0.25, 0.3) is 11.3 Å². The van der Waals surface area contributed by atoms with Crippen LogP contribution in [0.2, 0.25) is 5.15 Å². The van der Waals surface area contributed by atoms with Crippen molar-refractivity contribution in [2.24, 2.45) is 0 Å². The van der Waals surface area contributed by atoms with Gasteiger partial charge in [0.15, 0.2) is 11.3 Å². The zero-order valence-corrected chi connectivity index (χ0v) is 19.4. The highest BCUT2D eigenvalue weighted by molar-refractivity contribution is 6.33. The van der Waals surface area contributed by atoms with Crippen LogP contribution in [-0.4, -0.2) is 43.7 Å². The van der Waals surface area contributed by atoms with E-state index in [0.717, 1.165) is 19.1 Å². The van der Waals surface area contributed by atoms with Gasteiger partial charge >= 0.3 is 12.4 Å². The molecular formula is C21H17ClF8N4O3. The van der Waals surface area contributed by atoms with Crippen LogP contribution in [0.15, 0.2) is 24.3 Å². The number of benzene rings is 1. The van der Waals surface area contributed by atoms with E-state index < -0.39 is 70.7 Å². The van der Waals surface area contributed by atoms with Crippen molar-refractivity contribution in [1.29, 1.82) is 0 Å². The number of carbonyl (C=O) groups is 1. The summed E-state index contributed by atoms with van der Waals surface area (Å²) in [4.78, 5) is 15.7. The molecule has 1 aromatic carbocycles. The van der Waals surface area contributed by atoms with Gasteiger partial charge in [0, 0.05) is 12.0 Å². The Hall–Kier alpha value is -3.46. The van der Waals surface area contributed by atoms with E-state index in [2.05, 4.69) is 20.5 Å². The third kappa shape index (κ3) is 7.52. The zero-order chi connectivity index (χ0) is 28.3. The second-order valence-corrected chi connectivity index (χ2v) is 7.65. The van der Waals surface area contributed by atoms with Gasteiger partial charge in [-0.3, -0.25) is 9.89 Å².